The largest absolute Gasteiger partial charge is 0.466 e. The van der Waals surface area contributed by atoms with Crippen molar-refractivity contribution in [1.29, 1.82) is 0 Å². The van der Waals surface area contributed by atoms with Crippen molar-refractivity contribution in [3.63, 3.8) is 0 Å². The minimum atomic E-state index is -0.0704. The Morgan fingerprint density at radius 2 is 1.96 bits per heavy atom. The van der Waals surface area contributed by atoms with E-state index < -0.39 is 0 Å². The number of esters is 1. The van der Waals surface area contributed by atoms with Crippen LogP contribution in [0.2, 0.25) is 0 Å². The van der Waals surface area contributed by atoms with Crippen molar-refractivity contribution in [2.75, 3.05) is 32.9 Å². The molecular formula is C18H24BrNO3. The number of hydrogen-bond donors (Lipinski definition) is 0. The Hall–Kier alpha value is -0.910. The summed E-state index contributed by atoms with van der Waals surface area (Å²) in [6.45, 7) is 5.69. The highest BCUT2D eigenvalue weighted by Crippen LogP contribution is 2.36. The Balaban J connectivity index is 1.78. The van der Waals surface area contributed by atoms with Crippen molar-refractivity contribution >= 4 is 21.9 Å². The number of nitrogens with zero attached hydrogens (tertiary/aromatic N) is 1. The molecular weight excluding hydrogens is 358 g/mol. The van der Waals surface area contributed by atoms with Gasteiger partial charge in [-0.3, -0.25) is 9.69 Å². The summed E-state index contributed by atoms with van der Waals surface area (Å²) in [5, 5.41) is 0. The predicted octanol–water partition coefficient (Wildman–Crippen LogP) is 3.21. The van der Waals surface area contributed by atoms with Crippen molar-refractivity contribution in [2.24, 2.45) is 5.92 Å². The van der Waals surface area contributed by atoms with Crippen LogP contribution in [0.4, 0.5) is 0 Å². The first-order valence-corrected chi connectivity index (χ1v) is 9.22. The fourth-order valence-electron chi connectivity index (χ4n) is 3.72. The molecule has 2 saturated heterocycles. The number of halogens is 1. The monoisotopic (exact) mass is 381 g/mol. The molecule has 0 amide bonds. The van der Waals surface area contributed by atoms with Gasteiger partial charge in [0, 0.05) is 42.7 Å². The molecule has 1 aromatic rings. The van der Waals surface area contributed by atoms with Gasteiger partial charge >= 0.3 is 5.97 Å². The molecule has 0 bridgehead atoms. The van der Waals surface area contributed by atoms with Gasteiger partial charge in [0.05, 0.1) is 12.5 Å². The highest BCUT2D eigenvalue weighted by molar-refractivity contribution is 9.10. The molecule has 126 valence electrons. The maximum atomic E-state index is 12.4. The Morgan fingerprint density at radius 1 is 1.26 bits per heavy atom. The summed E-state index contributed by atoms with van der Waals surface area (Å²) in [6.07, 6.45) is 2.12. The Labute approximate surface area is 146 Å². The van der Waals surface area contributed by atoms with Gasteiger partial charge in [-0.1, -0.05) is 28.1 Å². The molecule has 1 aromatic carbocycles. The molecule has 0 spiro atoms. The number of ether oxygens (including phenoxy) is 2. The lowest BCUT2D eigenvalue weighted by molar-refractivity contribution is -0.148. The molecule has 2 aliphatic rings. The molecule has 2 atom stereocenters. The number of carbonyl (C=O) groups excluding carboxylic acids is 1. The van der Waals surface area contributed by atoms with Crippen LogP contribution >= 0.6 is 15.9 Å². The first kappa shape index (κ1) is 16.9. The molecule has 2 fully saturated rings. The summed E-state index contributed by atoms with van der Waals surface area (Å²) in [4.78, 5) is 14.9. The molecule has 0 saturated carbocycles. The number of hydrogen-bond acceptors (Lipinski definition) is 4. The third kappa shape index (κ3) is 3.95. The summed E-state index contributed by atoms with van der Waals surface area (Å²) in [6, 6.07) is 8.87. The Bertz CT molecular complexity index is 528. The highest BCUT2D eigenvalue weighted by Gasteiger charge is 2.41. The lowest BCUT2D eigenvalue weighted by Crippen LogP contribution is -2.38. The average molecular weight is 382 g/mol. The normalized spacial score (nSPS) is 26.3. The summed E-state index contributed by atoms with van der Waals surface area (Å²) in [5.41, 5.74) is 1.22. The number of rotatable bonds is 4. The molecule has 2 heterocycles. The molecule has 0 aromatic heterocycles. The molecule has 2 unspecified atom stereocenters. The molecule has 2 aliphatic heterocycles. The Morgan fingerprint density at radius 3 is 2.61 bits per heavy atom. The topological polar surface area (TPSA) is 38.8 Å². The van der Waals surface area contributed by atoms with Crippen molar-refractivity contribution < 1.29 is 14.3 Å². The predicted molar refractivity (Wildman–Crippen MR) is 92.4 cm³/mol. The molecule has 0 aliphatic carbocycles. The average Bonchev–Trinajstić information content (AvgIpc) is 3.02. The molecule has 0 radical (unpaired) electrons. The zero-order chi connectivity index (χ0) is 16.2. The van der Waals surface area contributed by atoms with Gasteiger partial charge in [-0.25, -0.2) is 0 Å². The number of likely N-dealkylation sites (tertiary alicyclic amines) is 1. The van der Waals surface area contributed by atoms with Crippen molar-refractivity contribution in [1.82, 2.24) is 4.90 Å². The van der Waals surface area contributed by atoms with E-state index >= 15 is 0 Å². The van der Waals surface area contributed by atoms with Gasteiger partial charge < -0.3 is 9.47 Å². The van der Waals surface area contributed by atoms with Gasteiger partial charge in [-0.05, 0) is 37.5 Å². The van der Waals surface area contributed by atoms with E-state index in [2.05, 4.69) is 45.1 Å². The van der Waals surface area contributed by atoms with Crippen molar-refractivity contribution in [3.8, 4) is 0 Å². The second-order valence-corrected chi connectivity index (χ2v) is 7.23. The standard InChI is InChI=1S/C18H24BrNO3/c1-2-23-18(21)17-12-20(15-7-9-22-10-8-15)11-16(17)13-3-5-14(19)6-4-13/h3-6,15-17H,2,7-12H2,1H3. The van der Waals surface area contributed by atoms with Gasteiger partial charge in [-0.2, -0.15) is 0 Å². The van der Waals surface area contributed by atoms with Crippen LogP contribution in [0.3, 0.4) is 0 Å². The molecule has 4 nitrogen and oxygen atoms in total. The van der Waals surface area contributed by atoms with Gasteiger partial charge in [0.2, 0.25) is 0 Å². The van der Waals surface area contributed by atoms with Crippen LogP contribution in [0.25, 0.3) is 0 Å². The maximum Gasteiger partial charge on any atom is 0.310 e. The van der Waals surface area contributed by atoms with Gasteiger partial charge in [0.25, 0.3) is 0 Å². The first-order chi connectivity index (χ1) is 11.2. The smallest absolute Gasteiger partial charge is 0.310 e. The van der Waals surface area contributed by atoms with Crippen molar-refractivity contribution in [3.05, 3.63) is 34.3 Å². The lowest BCUT2D eigenvalue weighted by atomic mass is 9.89. The molecule has 0 N–H and O–H groups in total. The Kier molecular flexibility index (Phi) is 5.72. The van der Waals surface area contributed by atoms with Crippen molar-refractivity contribution in [2.45, 2.75) is 31.7 Å². The fraction of sp³-hybridized carbons (Fsp3) is 0.611. The number of carbonyl (C=O) groups is 1. The second-order valence-electron chi connectivity index (χ2n) is 6.31. The summed E-state index contributed by atoms with van der Waals surface area (Å²) >= 11 is 3.48. The van der Waals surface area contributed by atoms with E-state index in [4.69, 9.17) is 9.47 Å². The SMILES string of the molecule is CCOC(=O)C1CN(C2CCOCC2)CC1c1ccc(Br)cc1. The van der Waals surface area contributed by atoms with E-state index in [9.17, 15) is 4.79 Å². The zero-order valence-corrected chi connectivity index (χ0v) is 15.1. The van der Waals surface area contributed by atoms with E-state index in [1.54, 1.807) is 0 Å². The van der Waals surface area contributed by atoms with Crippen LogP contribution in [0.15, 0.2) is 28.7 Å². The molecule has 5 heteroatoms. The minimum absolute atomic E-state index is 0.0602. The fourth-order valence-corrected chi connectivity index (χ4v) is 3.98. The van der Waals surface area contributed by atoms with E-state index in [0.717, 1.165) is 43.6 Å². The van der Waals surface area contributed by atoms with Crippen LogP contribution < -0.4 is 0 Å². The maximum absolute atomic E-state index is 12.4. The van der Waals surface area contributed by atoms with Crippen LogP contribution in [0.1, 0.15) is 31.2 Å². The summed E-state index contributed by atoms with van der Waals surface area (Å²) < 4.78 is 11.9. The van der Waals surface area contributed by atoms with E-state index in [1.807, 2.05) is 6.92 Å². The zero-order valence-electron chi connectivity index (χ0n) is 13.5. The van der Waals surface area contributed by atoms with Crippen LogP contribution in [0.5, 0.6) is 0 Å². The van der Waals surface area contributed by atoms with Crippen LogP contribution in [-0.2, 0) is 14.3 Å². The molecule has 3 rings (SSSR count). The lowest BCUT2D eigenvalue weighted by Gasteiger charge is -2.31. The first-order valence-electron chi connectivity index (χ1n) is 8.43. The van der Waals surface area contributed by atoms with Gasteiger partial charge in [-0.15, -0.1) is 0 Å². The summed E-state index contributed by atoms with van der Waals surface area (Å²) in [7, 11) is 0. The third-order valence-corrected chi connectivity index (χ3v) is 5.47. The van der Waals surface area contributed by atoms with Gasteiger partial charge in [0.15, 0.2) is 0 Å². The minimum Gasteiger partial charge on any atom is -0.466 e. The van der Waals surface area contributed by atoms with E-state index in [0.29, 0.717) is 12.6 Å². The van der Waals surface area contributed by atoms with Gasteiger partial charge in [0.1, 0.15) is 0 Å². The van der Waals surface area contributed by atoms with Crippen LogP contribution in [0, 0.1) is 5.92 Å². The van der Waals surface area contributed by atoms with E-state index in [-0.39, 0.29) is 17.8 Å². The second kappa shape index (κ2) is 7.77. The van der Waals surface area contributed by atoms with E-state index in [1.165, 1.54) is 5.56 Å². The summed E-state index contributed by atoms with van der Waals surface area (Å²) in [5.74, 6) is 0.0824. The van der Waals surface area contributed by atoms with Crippen LogP contribution in [-0.4, -0.2) is 49.8 Å². The highest BCUT2D eigenvalue weighted by atomic mass is 79.9. The molecule has 23 heavy (non-hydrogen) atoms. The third-order valence-electron chi connectivity index (χ3n) is 4.94. The quantitative estimate of drug-likeness (QED) is 0.750. The number of benzene rings is 1.